The molecule has 2 aromatic rings. The number of nitro benzene ring substituents is 1. The number of nitro groups is 1. The monoisotopic (exact) mass is 396 g/mol. The summed E-state index contributed by atoms with van der Waals surface area (Å²) < 4.78 is 0. The van der Waals surface area contributed by atoms with Gasteiger partial charge in [0.15, 0.2) is 0 Å². The normalized spacial score (nSPS) is 12.7. The SMILES string of the molecule is Cc1ccc(NC(=O)NCCCN2C(=O)c3ccc([N+](=O)[O-])cc3C2=O)c(C)c1. The number of carbonyl (C=O) groups is 3. The first-order valence-electron chi connectivity index (χ1n) is 9.04. The van der Waals surface area contributed by atoms with Crippen molar-refractivity contribution in [3.05, 3.63) is 68.8 Å². The van der Waals surface area contributed by atoms with E-state index in [2.05, 4.69) is 10.6 Å². The minimum atomic E-state index is -0.612. The van der Waals surface area contributed by atoms with Gasteiger partial charge in [-0.2, -0.15) is 0 Å². The van der Waals surface area contributed by atoms with Crippen molar-refractivity contribution in [3.63, 3.8) is 0 Å². The second-order valence-corrected chi connectivity index (χ2v) is 6.80. The van der Waals surface area contributed by atoms with E-state index >= 15 is 0 Å². The number of aryl methyl sites for hydroxylation is 2. The average molecular weight is 396 g/mol. The summed E-state index contributed by atoms with van der Waals surface area (Å²) in [6.07, 6.45) is 0.355. The Labute approximate surface area is 166 Å². The van der Waals surface area contributed by atoms with Gasteiger partial charge in [0, 0.05) is 30.9 Å². The van der Waals surface area contributed by atoms with Gasteiger partial charge in [-0.05, 0) is 38.0 Å². The highest BCUT2D eigenvalue weighted by Gasteiger charge is 2.36. The standard InChI is InChI=1S/C20H20N4O5/c1-12-4-7-17(13(2)10-12)22-20(27)21-8-3-9-23-18(25)15-6-5-14(24(28)29)11-16(15)19(23)26/h4-7,10-11H,3,8-9H2,1-2H3,(H2,21,22,27). The smallest absolute Gasteiger partial charge is 0.319 e. The van der Waals surface area contributed by atoms with Crippen molar-refractivity contribution in [1.29, 1.82) is 0 Å². The van der Waals surface area contributed by atoms with Crippen LogP contribution in [0.2, 0.25) is 0 Å². The zero-order valence-corrected chi connectivity index (χ0v) is 16.0. The summed E-state index contributed by atoms with van der Waals surface area (Å²) >= 11 is 0. The van der Waals surface area contributed by atoms with Crippen LogP contribution in [0.1, 0.15) is 38.3 Å². The van der Waals surface area contributed by atoms with Crippen LogP contribution in [0.3, 0.4) is 0 Å². The number of rotatable bonds is 6. The van der Waals surface area contributed by atoms with Crippen LogP contribution in [0, 0.1) is 24.0 Å². The zero-order valence-electron chi connectivity index (χ0n) is 16.0. The predicted octanol–water partition coefficient (Wildman–Crippen LogP) is 3.02. The molecule has 0 saturated heterocycles. The summed E-state index contributed by atoms with van der Waals surface area (Å²) in [4.78, 5) is 48.1. The molecule has 0 atom stereocenters. The van der Waals surface area contributed by atoms with Crippen LogP contribution in [0.5, 0.6) is 0 Å². The minimum absolute atomic E-state index is 0.0322. The number of carbonyl (C=O) groups excluding carboxylic acids is 3. The van der Waals surface area contributed by atoms with Crippen LogP contribution in [-0.2, 0) is 0 Å². The molecule has 0 spiro atoms. The van der Waals surface area contributed by atoms with Crippen LogP contribution >= 0.6 is 0 Å². The van der Waals surface area contributed by atoms with Gasteiger partial charge in [0.25, 0.3) is 17.5 Å². The molecule has 0 radical (unpaired) electrons. The van der Waals surface area contributed by atoms with Crippen molar-refractivity contribution in [2.24, 2.45) is 0 Å². The molecule has 0 aliphatic carbocycles. The van der Waals surface area contributed by atoms with Gasteiger partial charge >= 0.3 is 6.03 Å². The number of imide groups is 1. The maximum atomic E-state index is 12.4. The third-order valence-corrected chi connectivity index (χ3v) is 4.64. The fourth-order valence-corrected chi connectivity index (χ4v) is 3.15. The van der Waals surface area contributed by atoms with Crippen molar-refractivity contribution in [2.45, 2.75) is 20.3 Å². The average Bonchev–Trinajstić information content (AvgIpc) is 2.91. The topological polar surface area (TPSA) is 122 Å². The number of non-ortho nitro benzene ring substituents is 1. The number of anilines is 1. The third kappa shape index (κ3) is 4.23. The number of urea groups is 1. The largest absolute Gasteiger partial charge is 0.338 e. The summed E-state index contributed by atoms with van der Waals surface area (Å²) in [6.45, 7) is 4.22. The van der Waals surface area contributed by atoms with Crippen molar-refractivity contribution in [2.75, 3.05) is 18.4 Å². The summed E-state index contributed by atoms with van der Waals surface area (Å²) in [5, 5.41) is 16.3. The Kier molecular flexibility index (Phi) is 5.58. The maximum absolute atomic E-state index is 12.4. The van der Waals surface area contributed by atoms with E-state index < -0.39 is 16.7 Å². The summed E-state index contributed by atoms with van der Waals surface area (Å²) in [7, 11) is 0. The predicted molar refractivity (Wildman–Crippen MR) is 106 cm³/mol. The van der Waals surface area contributed by atoms with Crippen molar-refractivity contribution < 1.29 is 19.3 Å². The third-order valence-electron chi connectivity index (χ3n) is 4.64. The van der Waals surface area contributed by atoms with E-state index in [-0.39, 0.29) is 35.9 Å². The lowest BCUT2D eigenvalue weighted by molar-refractivity contribution is -0.384. The number of hydrogen-bond donors (Lipinski definition) is 2. The van der Waals surface area contributed by atoms with Gasteiger partial charge in [0.05, 0.1) is 16.1 Å². The molecule has 29 heavy (non-hydrogen) atoms. The number of benzene rings is 2. The highest BCUT2D eigenvalue weighted by molar-refractivity contribution is 6.21. The molecule has 1 heterocycles. The Morgan fingerprint density at radius 2 is 1.79 bits per heavy atom. The molecule has 9 nitrogen and oxygen atoms in total. The van der Waals surface area contributed by atoms with Crippen LogP contribution in [0.25, 0.3) is 0 Å². The van der Waals surface area contributed by atoms with Gasteiger partial charge in [0.1, 0.15) is 0 Å². The first-order chi connectivity index (χ1) is 13.8. The van der Waals surface area contributed by atoms with Gasteiger partial charge in [-0.1, -0.05) is 17.7 Å². The number of hydrogen-bond acceptors (Lipinski definition) is 5. The first-order valence-corrected chi connectivity index (χ1v) is 9.04. The van der Waals surface area contributed by atoms with E-state index in [1.165, 1.54) is 12.1 Å². The Hall–Kier alpha value is -3.75. The van der Waals surface area contributed by atoms with Crippen LogP contribution in [-0.4, -0.2) is 40.8 Å². The number of amides is 4. The number of fused-ring (bicyclic) bond motifs is 1. The quantitative estimate of drug-likeness (QED) is 0.336. The molecule has 0 aromatic heterocycles. The summed E-state index contributed by atoms with van der Waals surface area (Å²) in [5.41, 5.74) is 2.69. The van der Waals surface area contributed by atoms with E-state index in [0.717, 1.165) is 22.1 Å². The molecule has 1 aliphatic heterocycles. The zero-order chi connectivity index (χ0) is 21.1. The Morgan fingerprint density at radius 3 is 2.48 bits per heavy atom. The lowest BCUT2D eigenvalue weighted by Crippen LogP contribution is -2.35. The molecule has 0 fully saturated rings. The lowest BCUT2D eigenvalue weighted by atomic mass is 10.1. The van der Waals surface area contributed by atoms with Gasteiger partial charge in [-0.25, -0.2) is 4.79 Å². The van der Waals surface area contributed by atoms with Crippen LogP contribution < -0.4 is 10.6 Å². The van der Waals surface area contributed by atoms with Gasteiger partial charge in [0.2, 0.25) is 0 Å². The maximum Gasteiger partial charge on any atom is 0.319 e. The second-order valence-electron chi connectivity index (χ2n) is 6.80. The number of nitrogens with one attached hydrogen (secondary N) is 2. The van der Waals surface area contributed by atoms with Gasteiger partial charge in [-0.3, -0.25) is 24.6 Å². The van der Waals surface area contributed by atoms with Crippen LogP contribution in [0.15, 0.2) is 36.4 Å². The lowest BCUT2D eigenvalue weighted by Gasteiger charge is -2.14. The van der Waals surface area contributed by atoms with Crippen molar-refractivity contribution >= 4 is 29.2 Å². The summed E-state index contributed by atoms with van der Waals surface area (Å²) in [6, 6.07) is 8.91. The molecule has 0 bridgehead atoms. The minimum Gasteiger partial charge on any atom is -0.338 e. The highest BCUT2D eigenvalue weighted by atomic mass is 16.6. The molecular formula is C20H20N4O5. The molecule has 150 valence electrons. The molecule has 9 heteroatoms. The molecule has 2 aromatic carbocycles. The van der Waals surface area contributed by atoms with E-state index in [1.54, 1.807) is 0 Å². The molecule has 0 saturated carbocycles. The van der Waals surface area contributed by atoms with E-state index in [4.69, 9.17) is 0 Å². The first kappa shape index (κ1) is 20.0. The molecule has 4 amide bonds. The fourth-order valence-electron chi connectivity index (χ4n) is 3.15. The molecule has 2 N–H and O–H groups in total. The van der Waals surface area contributed by atoms with Gasteiger partial charge in [-0.15, -0.1) is 0 Å². The van der Waals surface area contributed by atoms with E-state index in [9.17, 15) is 24.5 Å². The second kappa shape index (κ2) is 8.09. The Bertz CT molecular complexity index is 1020. The van der Waals surface area contributed by atoms with E-state index in [0.29, 0.717) is 12.1 Å². The van der Waals surface area contributed by atoms with Crippen molar-refractivity contribution in [1.82, 2.24) is 10.2 Å². The molecule has 3 rings (SSSR count). The summed E-state index contributed by atoms with van der Waals surface area (Å²) in [5.74, 6) is -1.05. The Morgan fingerprint density at radius 1 is 1.07 bits per heavy atom. The highest BCUT2D eigenvalue weighted by Crippen LogP contribution is 2.26. The van der Waals surface area contributed by atoms with Gasteiger partial charge < -0.3 is 10.6 Å². The Balaban J connectivity index is 1.51. The molecule has 0 unspecified atom stereocenters. The fraction of sp³-hybridized carbons (Fsp3) is 0.250. The van der Waals surface area contributed by atoms with Crippen molar-refractivity contribution in [3.8, 4) is 0 Å². The van der Waals surface area contributed by atoms with E-state index in [1.807, 2.05) is 32.0 Å². The number of nitrogens with zero attached hydrogens (tertiary/aromatic N) is 2. The molecular weight excluding hydrogens is 376 g/mol. The van der Waals surface area contributed by atoms with Crippen LogP contribution in [0.4, 0.5) is 16.2 Å². The molecule has 1 aliphatic rings.